The van der Waals surface area contributed by atoms with Crippen LogP contribution in [-0.4, -0.2) is 21.1 Å². The van der Waals surface area contributed by atoms with Crippen LogP contribution in [0.2, 0.25) is 0 Å². The molecular formula is C13H18N4O2. The van der Waals surface area contributed by atoms with Crippen LogP contribution in [0.25, 0.3) is 0 Å². The standard InChI is InChI=1S/C13H18N4O2/c1-5-9-10(6-14-17-9)16-12(18)11-8(4)15-13(19-11)7(2)3/h6-7H,5H2,1-4H3,(H,14,17)(H,16,18). The van der Waals surface area contributed by atoms with Crippen LogP contribution in [0, 0.1) is 6.92 Å². The predicted molar refractivity (Wildman–Crippen MR) is 71.2 cm³/mol. The summed E-state index contributed by atoms with van der Waals surface area (Å²) in [5.41, 5.74) is 2.16. The van der Waals surface area contributed by atoms with Gasteiger partial charge in [0.05, 0.1) is 23.3 Å². The fourth-order valence-electron chi connectivity index (χ4n) is 1.74. The Morgan fingerprint density at radius 3 is 2.84 bits per heavy atom. The molecule has 2 heterocycles. The minimum Gasteiger partial charge on any atom is -0.435 e. The number of aromatic nitrogens is 3. The van der Waals surface area contributed by atoms with Gasteiger partial charge in [-0.25, -0.2) is 4.98 Å². The van der Waals surface area contributed by atoms with E-state index in [1.807, 2.05) is 20.8 Å². The Labute approximate surface area is 111 Å². The zero-order chi connectivity index (χ0) is 14.0. The zero-order valence-electron chi connectivity index (χ0n) is 11.6. The Morgan fingerprint density at radius 2 is 2.26 bits per heavy atom. The lowest BCUT2D eigenvalue weighted by Gasteiger charge is -2.02. The fourth-order valence-corrected chi connectivity index (χ4v) is 1.74. The second kappa shape index (κ2) is 5.26. The molecule has 2 aromatic rings. The first-order chi connectivity index (χ1) is 9.02. The Morgan fingerprint density at radius 1 is 1.53 bits per heavy atom. The van der Waals surface area contributed by atoms with Gasteiger partial charge in [-0.2, -0.15) is 5.10 Å². The maximum atomic E-state index is 12.2. The summed E-state index contributed by atoms with van der Waals surface area (Å²) in [5, 5.41) is 9.53. The van der Waals surface area contributed by atoms with Gasteiger partial charge in [-0.1, -0.05) is 20.8 Å². The Hall–Kier alpha value is -2.11. The molecule has 2 rings (SSSR count). The SMILES string of the molecule is CCc1[nH]ncc1NC(=O)c1oc(C(C)C)nc1C. The number of nitrogens with zero attached hydrogens (tertiary/aromatic N) is 2. The highest BCUT2D eigenvalue weighted by Crippen LogP contribution is 2.20. The summed E-state index contributed by atoms with van der Waals surface area (Å²) in [6.07, 6.45) is 2.36. The van der Waals surface area contributed by atoms with Crippen LogP contribution >= 0.6 is 0 Å². The van der Waals surface area contributed by atoms with Gasteiger partial charge in [0.15, 0.2) is 5.89 Å². The Kier molecular flexibility index (Phi) is 3.69. The number of nitrogens with one attached hydrogen (secondary N) is 2. The predicted octanol–water partition coefficient (Wildman–Crippen LogP) is 2.64. The van der Waals surface area contributed by atoms with Gasteiger partial charge >= 0.3 is 0 Å². The van der Waals surface area contributed by atoms with Gasteiger partial charge in [0, 0.05) is 5.92 Å². The van der Waals surface area contributed by atoms with Crippen LogP contribution in [0.4, 0.5) is 5.69 Å². The molecule has 19 heavy (non-hydrogen) atoms. The van der Waals surface area contributed by atoms with E-state index in [4.69, 9.17) is 4.42 Å². The molecule has 0 aliphatic heterocycles. The average molecular weight is 262 g/mol. The lowest BCUT2D eigenvalue weighted by atomic mass is 10.2. The van der Waals surface area contributed by atoms with Crippen LogP contribution < -0.4 is 5.32 Å². The number of H-pyrrole nitrogens is 1. The van der Waals surface area contributed by atoms with Crippen molar-refractivity contribution in [2.24, 2.45) is 0 Å². The number of oxazole rings is 1. The molecule has 0 spiro atoms. The molecule has 6 nitrogen and oxygen atoms in total. The molecule has 1 amide bonds. The fraction of sp³-hybridized carbons (Fsp3) is 0.462. The molecule has 2 N–H and O–H groups in total. The smallest absolute Gasteiger partial charge is 0.293 e. The third-order valence-electron chi connectivity index (χ3n) is 2.83. The Bertz CT molecular complexity index is 583. The summed E-state index contributed by atoms with van der Waals surface area (Å²) in [4.78, 5) is 16.4. The van der Waals surface area contributed by atoms with E-state index in [9.17, 15) is 4.79 Å². The van der Waals surface area contributed by atoms with E-state index in [0.29, 0.717) is 17.3 Å². The first-order valence-corrected chi connectivity index (χ1v) is 6.33. The molecule has 2 aromatic heterocycles. The summed E-state index contributed by atoms with van der Waals surface area (Å²) in [5.74, 6) is 0.686. The third kappa shape index (κ3) is 2.67. The average Bonchev–Trinajstić information content (AvgIpc) is 2.95. The monoisotopic (exact) mass is 262 g/mol. The molecule has 0 saturated heterocycles. The summed E-state index contributed by atoms with van der Waals surface area (Å²) in [6, 6.07) is 0. The van der Waals surface area contributed by atoms with Crippen LogP contribution in [0.5, 0.6) is 0 Å². The first-order valence-electron chi connectivity index (χ1n) is 6.33. The highest BCUT2D eigenvalue weighted by atomic mass is 16.4. The number of carbonyl (C=O) groups excluding carboxylic acids is 1. The second-order valence-corrected chi connectivity index (χ2v) is 4.69. The van der Waals surface area contributed by atoms with Crippen LogP contribution in [0.1, 0.15) is 54.5 Å². The van der Waals surface area contributed by atoms with Gasteiger partial charge in [-0.3, -0.25) is 9.89 Å². The van der Waals surface area contributed by atoms with Gasteiger partial charge in [-0.15, -0.1) is 0 Å². The molecule has 0 saturated carbocycles. The number of aryl methyl sites for hydroxylation is 2. The Balaban J connectivity index is 2.20. The molecule has 0 bridgehead atoms. The normalized spacial score (nSPS) is 11.0. The number of anilines is 1. The summed E-state index contributed by atoms with van der Waals surface area (Å²) >= 11 is 0. The van der Waals surface area contributed by atoms with E-state index in [0.717, 1.165) is 12.1 Å². The van der Waals surface area contributed by atoms with E-state index in [2.05, 4.69) is 20.5 Å². The van der Waals surface area contributed by atoms with Gasteiger partial charge in [0.1, 0.15) is 0 Å². The van der Waals surface area contributed by atoms with Gasteiger partial charge < -0.3 is 9.73 Å². The lowest BCUT2D eigenvalue weighted by molar-refractivity contribution is 0.0993. The summed E-state index contributed by atoms with van der Waals surface area (Å²) < 4.78 is 5.51. The quantitative estimate of drug-likeness (QED) is 0.887. The van der Waals surface area contributed by atoms with Crippen molar-refractivity contribution in [1.82, 2.24) is 15.2 Å². The van der Waals surface area contributed by atoms with Gasteiger partial charge in [-0.05, 0) is 13.3 Å². The van der Waals surface area contributed by atoms with Crippen molar-refractivity contribution in [2.75, 3.05) is 5.32 Å². The number of aromatic amines is 1. The molecule has 0 unspecified atom stereocenters. The highest BCUT2D eigenvalue weighted by molar-refractivity contribution is 6.03. The number of carbonyl (C=O) groups is 1. The topological polar surface area (TPSA) is 83.8 Å². The molecule has 102 valence electrons. The van der Waals surface area contributed by atoms with Crippen molar-refractivity contribution in [1.29, 1.82) is 0 Å². The van der Waals surface area contributed by atoms with Crippen molar-refractivity contribution < 1.29 is 9.21 Å². The van der Waals surface area contributed by atoms with E-state index < -0.39 is 0 Å². The maximum Gasteiger partial charge on any atom is 0.293 e. The maximum absolute atomic E-state index is 12.2. The number of amides is 1. The molecule has 0 atom stereocenters. The van der Waals surface area contributed by atoms with Crippen molar-refractivity contribution >= 4 is 11.6 Å². The van der Waals surface area contributed by atoms with Crippen molar-refractivity contribution in [2.45, 2.75) is 40.0 Å². The molecular weight excluding hydrogens is 244 g/mol. The summed E-state index contributed by atoms with van der Waals surface area (Å²) in [7, 11) is 0. The van der Waals surface area contributed by atoms with E-state index in [1.54, 1.807) is 13.1 Å². The molecule has 0 aromatic carbocycles. The number of hydrogen-bond acceptors (Lipinski definition) is 4. The first kappa shape index (κ1) is 13.3. The number of hydrogen-bond donors (Lipinski definition) is 2. The van der Waals surface area contributed by atoms with Crippen LogP contribution in [0.15, 0.2) is 10.6 Å². The van der Waals surface area contributed by atoms with E-state index in [-0.39, 0.29) is 17.6 Å². The van der Waals surface area contributed by atoms with E-state index >= 15 is 0 Å². The minimum absolute atomic E-state index is 0.153. The molecule has 0 aliphatic carbocycles. The summed E-state index contributed by atoms with van der Waals surface area (Å²) in [6.45, 7) is 7.69. The van der Waals surface area contributed by atoms with Gasteiger partial charge in [0.25, 0.3) is 5.91 Å². The van der Waals surface area contributed by atoms with Crippen LogP contribution in [0.3, 0.4) is 0 Å². The van der Waals surface area contributed by atoms with Crippen molar-refractivity contribution in [3.8, 4) is 0 Å². The minimum atomic E-state index is -0.298. The molecule has 0 radical (unpaired) electrons. The zero-order valence-corrected chi connectivity index (χ0v) is 11.6. The highest BCUT2D eigenvalue weighted by Gasteiger charge is 2.20. The largest absolute Gasteiger partial charge is 0.435 e. The van der Waals surface area contributed by atoms with Crippen molar-refractivity contribution in [3.05, 3.63) is 29.2 Å². The van der Waals surface area contributed by atoms with E-state index in [1.165, 1.54) is 0 Å². The van der Waals surface area contributed by atoms with Crippen molar-refractivity contribution in [3.63, 3.8) is 0 Å². The number of rotatable bonds is 4. The van der Waals surface area contributed by atoms with Gasteiger partial charge in [0.2, 0.25) is 5.76 Å². The second-order valence-electron chi connectivity index (χ2n) is 4.69. The van der Waals surface area contributed by atoms with Crippen LogP contribution in [-0.2, 0) is 6.42 Å². The molecule has 0 aliphatic rings. The molecule has 6 heteroatoms. The third-order valence-corrected chi connectivity index (χ3v) is 2.83. The molecule has 0 fully saturated rings. The lowest BCUT2D eigenvalue weighted by Crippen LogP contribution is -2.13.